The fraction of sp³-hybridized carbons (Fsp3) is 0.227. The molecule has 150 valence electrons. The highest BCUT2D eigenvalue weighted by molar-refractivity contribution is 7.89. The molecule has 7 heteroatoms. The lowest BCUT2D eigenvalue weighted by Gasteiger charge is -2.12. The summed E-state index contributed by atoms with van der Waals surface area (Å²) in [5.74, 6) is -0.0880. The van der Waals surface area contributed by atoms with Gasteiger partial charge in [0, 0.05) is 28.2 Å². The zero-order chi connectivity index (χ0) is 20.8. The van der Waals surface area contributed by atoms with Crippen molar-refractivity contribution in [2.45, 2.75) is 25.6 Å². The second-order valence-corrected chi connectivity index (χ2v) is 9.40. The Kier molecular flexibility index (Phi) is 4.70. The summed E-state index contributed by atoms with van der Waals surface area (Å²) in [7, 11) is -3.36. The van der Waals surface area contributed by atoms with Crippen LogP contribution in [0, 0.1) is 6.92 Å². The van der Waals surface area contributed by atoms with Gasteiger partial charge in [-0.3, -0.25) is 4.79 Å². The van der Waals surface area contributed by atoms with Crippen molar-refractivity contribution in [3.63, 3.8) is 0 Å². The standard InChI is InChI=1S/C22H21NO5S/c1-13-15-8-4-6-10-18(15)27-20(13)14(2)23-22(24)21-17(12-29(3,25)26)16-9-5-7-11-19(16)28-21/h4-11,14H,12H2,1-3H3,(H,23,24). The summed E-state index contributed by atoms with van der Waals surface area (Å²) in [4.78, 5) is 13.0. The van der Waals surface area contributed by atoms with Crippen molar-refractivity contribution in [3.8, 4) is 0 Å². The Morgan fingerprint density at radius 3 is 2.21 bits per heavy atom. The molecular formula is C22H21NO5S. The molecule has 4 aromatic rings. The molecule has 0 radical (unpaired) electrons. The van der Waals surface area contributed by atoms with E-state index in [-0.39, 0.29) is 11.5 Å². The third-order valence-corrected chi connectivity index (χ3v) is 5.75. The molecule has 1 unspecified atom stereocenters. The largest absolute Gasteiger partial charge is 0.459 e. The lowest BCUT2D eigenvalue weighted by Crippen LogP contribution is -2.27. The molecule has 0 spiro atoms. The molecule has 6 nitrogen and oxygen atoms in total. The van der Waals surface area contributed by atoms with E-state index in [1.165, 1.54) is 0 Å². The van der Waals surface area contributed by atoms with E-state index in [2.05, 4.69) is 5.32 Å². The number of fused-ring (bicyclic) bond motifs is 2. The first kappa shape index (κ1) is 19.3. The van der Waals surface area contributed by atoms with Crippen LogP contribution < -0.4 is 5.32 Å². The average molecular weight is 411 g/mol. The molecule has 0 saturated heterocycles. The van der Waals surface area contributed by atoms with Gasteiger partial charge in [0.25, 0.3) is 5.91 Å². The van der Waals surface area contributed by atoms with Gasteiger partial charge in [0.15, 0.2) is 15.6 Å². The summed E-state index contributed by atoms with van der Waals surface area (Å²) in [6.07, 6.45) is 1.14. The summed E-state index contributed by atoms with van der Waals surface area (Å²) < 4.78 is 35.5. The van der Waals surface area contributed by atoms with Crippen molar-refractivity contribution in [3.05, 3.63) is 71.2 Å². The highest BCUT2D eigenvalue weighted by Gasteiger charge is 2.26. The molecule has 0 fully saturated rings. The normalized spacial score (nSPS) is 13.1. The Morgan fingerprint density at radius 1 is 1.00 bits per heavy atom. The molecule has 0 aliphatic heterocycles. The number of para-hydroxylation sites is 2. The second-order valence-electron chi connectivity index (χ2n) is 7.26. The summed E-state index contributed by atoms with van der Waals surface area (Å²) >= 11 is 0. The highest BCUT2D eigenvalue weighted by Crippen LogP contribution is 2.31. The summed E-state index contributed by atoms with van der Waals surface area (Å²) in [6.45, 7) is 3.77. The minimum Gasteiger partial charge on any atom is -0.459 e. The minimum absolute atomic E-state index is 0.0113. The number of carbonyl (C=O) groups is 1. The highest BCUT2D eigenvalue weighted by atomic mass is 32.2. The number of aryl methyl sites for hydroxylation is 1. The monoisotopic (exact) mass is 411 g/mol. The van der Waals surface area contributed by atoms with Crippen LogP contribution in [0.15, 0.2) is 57.4 Å². The van der Waals surface area contributed by atoms with Crippen LogP contribution in [0.4, 0.5) is 0 Å². The van der Waals surface area contributed by atoms with E-state index in [0.29, 0.717) is 22.3 Å². The van der Waals surface area contributed by atoms with Gasteiger partial charge in [-0.05, 0) is 26.0 Å². The van der Waals surface area contributed by atoms with Crippen molar-refractivity contribution in [1.82, 2.24) is 5.32 Å². The topological polar surface area (TPSA) is 89.5 Å². The lowest BCUT2D eigenvalue weighted by molar-refractivity contribution is 0.0908. The minimum atomic E-state index is -3.36. The molecule has 0 aliphatic carbocycles. The zero-order valence-electron chi connectivity index (χ0n) is 16.4. The lowest BCUT2D eigenvalue weighted by atomic mass is 10.1. The van der Waals surface area contributed by atoms with E-state index in [9.17, 15) is 13.2 Å². The Balaban J connectivity index is 1.70. The summed E-state index contributed by atoms with van der Waals surface area (Å²) in [5, 5.41) is 4.49. The maximum Gasteiger partial charge on any atom is 0.287 e. The molecular weight excluding hydrogens is 390 g/mol. The number of furan rings is 2. The number of benzene rings is 2. The number of amides is 1. The number of hydrogen-bond donors (Lipinski definition) is 1. The molecule has 2 heterocycles. The summed E-state index contributed by atoms with van der Waals surface area (Å²) in [5.41, 5.74) is 2.55. The molecule has 2 aromatic heterocycles. The van der Waals surface area contributed by atoms with Crippen LogP contribution in [-0.2, 0) is 15.6 Å². The number of nitrogens with one attached hydrogen (secondary N) is 1. The van der Waals surface area contributed by atoms with Crippen LogP contribution in [0.3, 0.4) is 0 Å². The number of hydrogen-bond acceptors (Lipinski definition) is 5. The van der Waals surface area contributed by atoms with Gasteiger partial charge in [-0.1, -0.05) is 36.4 Å². The maximum absolute atomic E-state index is 13.0. The molecule has 0 saturated carbocycles. The maximum atomic E-state index is 13.0. The molecule has 2 aromatic carbocycles. The number of rotatable bonds is 5. The average Bonchev–Trinajstić information content (AvgIpc) is 3.19. The molecule has 4 rings (SSSR count). The molecule has 1 atom stereocenters. The molecule has 29 heavy (non-hydrogen) atoms. The van der Waals surface area contributed by atoms with Gasteiger partial charge < -0.3 is 14.2 Å². The van der Waals surface area contributed by atoms with E-state index < -0.39 is 21.8 Å². The van der Waals surface area contributed by atoms with Crippen LogP contribution in [0.2, 0.25) is 0 Å². The fourth-order valence-corrected chi connectivity index (χ4v) is 4.43. The Morgan fingerprint density at radius 2 is 1.59 bits per heavy atom. The molecule has 0 bridgehead atoms. The number of sulfone groups is 1. The van der Waals surface area contributed by atoms with Crippen LogP contribution in [0.25, 0.3) is 21.9 Å². The predicted molar refractivity (Wildman–Crippen MR) is 112 cm³/mol. The Labute approximate surface area is 168 Å². The van der Waals surface area contributed by atoms with Crippen molar-refractivity contribution < 1.29 is 22.0 Å². The van der Waals surface area contributed by atoms with E-state index in [0.717, 1.165) is 22.8 Å². The molecule has 1 N–H and O–H groups in total. The first-order valence-electron chi connectivity index (χ1n) is 9.21. The third-order valence-electron chi connectivity index (χ3n) is 4.93. The van der Waals surface area contributed by atoms with Crippen molar-refractivity contribution in [1.29, 1.82) is 0 Å². The van der Waals surface area contributed by atoms with Gasteiger partial charge in [-0.15, -0.1) is 0 Å². The smallest absolute Gasteiger partial charge is 0.287 e. The van der Waals surface area contributed by atoms with Gasteiger partial charge in [0.1, 0.15) is 16.9 Å². The first-order chi connectivity index (χ1) is 13.7. The second kappa shape index (κ2) is 7.08. The predicted octanol–water partition coefficient (Wildman–Crippen LogP) is 4.52. The zero-order valence-corrected chi connectivity index (χ0v) is 17.2. The van der Waals surface area contributed by atoms with Gasteiger partial charge in [-0.2, -0.15) is 0 Å². The first-order valence-corrected chi connectivity index (χ1v) is 11.3. The third kappa shape index (κ3) is 3.65. The van der Waals surface area contributed by atoms with Gasteiger partial charge in [0.2, 0.25) is 0 Å². The quantitative estimate of drug-likeness (QED) is 0.521. The Bertz CT molecular complexity index is 1330. The van der Waals surface area contributed by atoms with Crippen LogP contribution in [0.5, 0.6) is 0 Å². The molecule has 0 aliphatic rings. The van der Waals surface area contributed by atoms with Crippen molar-refractivity contribution in [2.24, 2.45) is 0 Å². The van der Waals surface area contributed by atoms with Crippen LogP contribution >= 0.6 is 0 Å². The van der Waals surface area contributed by atoms with Gasteiger partial charge in [0.05, 0.1) is 11.8 Å². The SMILES string of the molecule is Cc1c(C(C)NC(=O)c2oc3ccccc3c2CS(C)(=O)=O)oc2ccccc12. The van der Waals surface area contributed by atoms with E-state index >= 15 is 0 Å². The van der Waals surface area contributed by atoms with Crippen molar-refractivity contribution >= 4 is 37.7 Å². The van der Waals surface area contributed by atoms with E-state index in [1.807, 2.05) is 38.1 Å². The fourth-order valence-electron chi connectivity index (χ4n) is 3.62. The van der Waals surface area contributed by atoms with Crippen LogP contribution in [-0.4, -0.2) is 20.6 Å². The van der Waals surface area contributed by atoms with E-state index in [4.69, 9.17) is 8.83 Å². The number of carbonyl (C=O) groups excluding carboxylic acids is 1. The van der Waals surface area contributed by atoms with Gasteiger partial charge >= 0.3 is 0 Å². The van der Waals surface area contributed by atoms with Crippen LogP contribution in [0.1, 0.15) is 40.4 Å². The molecule has 1 amide bonds. The van der Waals surface area contributed by atoms with E-state index in [1.54, 1.807) is 24.3 Å². The Hall–Kier alpha value is -3.06. The van der Waals surface area contributed by atoms with Crippen molar-refractivity contribution in [2.75, 3.05) is 6.26 Å². The van der Waals surface area contributed by atoms with Gasteiger partial charge in [-0.25, -0.2) is 8.42 Å². The summed E-state index contributed by atoms with van der Waals surface area (Å²) in [6, 6.07) is 14.3.